The molecule has 0 heterocycles. The number of rotatable bonds is 0. The van der Waals surface area contributed by atoms with Crippen LogP contribution < -0.4 is 5.73 Å². The van der Waals surface area contributed by atoms with Crippen molar-refractivity contribution in [3.63, 3.8) is 0 Å². The van der Waals surface area contributed by atoms with E-state index in [1.807, 2.05) is 0 Å². The van der Waals surface area contributed by atoms with Crippen molar-refractivity contribution < 1.29 is 5.73 Å². The Morgan fingerprint density at radius 3 is 2.73 bits per heavy atom. The highest BCUT2D eigenvalue weighted by atomic mass is 14.6. The molecular weight excluding hydrogens is 134 g/mol. The molecular formula is C10H14N+. The van der Waals surface area contributed by atoms with Gasteiger partial charge >= 0.3 is 0 Å². The van der Waals surface area contributed by atoms with Crippen LogP contribution >= 0.6 is 0 Å². The van der Waals surface area contributed by atoms with E-state index in [1.54, 1.807) is 0 Å². The second-order valence-corrected chi connectivity index (χ2v) is 3.38. The fourth-order valence-corrected chi connectivity index (χ4v) is 1.77. The van der Waals surface area contributed by atoms with Crippen LogP contribution in [0.2, 0.25) is 0 Å². The minimum Gasteiger partial charge on any atom is -0.355 e. The molecule has 0 saturated heterocycles. The zero-order valence-electron chi connectivity index (χ0n) is 6.72. The topological polar surface area (TPSA) is 27.6 Å². The fraction of sp³-hybridized carbons (Fsp3) is 0.400. The van der Waals surface area contributed by atoms with E-state index in [1.165, 1.54) is 30.4 Å². The minimum atomic E-state index is 0.643. The molecule has 0 fully saturated rings. The van der Waals surface area contributed by atoms with Crippen LogP contribution in [0, 0.1) is 0 Å². The second-order valence-electron chi connectivity index (χ2n) is 3.38. The summed E-state index contributed by atoms with van der Waals surface area (Å²) in [7, 11) is 0. The zero-order valence-corrected chi connectivity index (χ0v) is 6.72. The van der Waals surface area contributed by atoms with E-state index in [-0.39, 0.29) is 0 Å². The predicted octanol–water partition coefficient (Wildman–Crippen LogP) is 0.786. The molecule has 58 valence electrons. The summed E-state index contributed by atoms with van der Waals surface area (Å²) in [5.41, 5.74) is 7.14. The molecule has 1 atom stereocenters. The van der Waals surface area contributed by atoms with E-state index in [4.69, 9.17) is 0 Å². The van der Waals surface area contributed by atoms with E-state index in [0.717, 1.165) is 0 Å². The van der Waals surface area contributed by atoms with Gasteiger partial charge in [0.2, 0.25) is 0 Å². The number of hydrogen-bond acceptors (Lipinski definition) is 0. The van der Waals surface area contributed by atoms with Gasteiger partial charge in [-0.1, -0.05) is 24.3 Å². The Morgan fingerprint density at radius 2 is 1.91 bits per heavy atom. The first-order valence-electron chi connectivity index (χ1n) is 4.26. The van der Waals surface area contributed by atoms with Gasteiger partial charge in [-0.15, -0.1) is 0 Å². The molecule has 0 aliphatic heterocycles. The molecule has 1 aliphatic carbocycles. The van der Waals surface area contributed by atoms with Crippen molar-refractivity contribution in [3.05, 3.63) is 35.4 Å². The average molecular weight is 148 g/mol. The summed E-state index contributed by atoms with van der Waals surface area (Å²) < 4.78 is 0. The van der Waals surface area contributed by atoms with E-state index in [2.05, 4.69) is 30.0 Å². The van der Waals surface area contributed by atoms with Gasteiger partial charge in [-0.05, 0) is 17.5 Å². The average Bonchev–Trinajstić information content (AvgIpc) is 2.04. The van der Waals surface area contributed by atoms with Crippen LogP contribution in [0.25, 0.3) is 0 Å². The predicted molar refractivity (Wildman–Crippen MR) is 45.1 cm³/mol. The maximum atomic E-state index is 4.10. The maximum absolute atomic E-state index is 4.10. The minimum absolute atomic E-state index is 0.643. The highest BCUT2D eigenvalue weighted by Crippen LogP contribution is 2.18. The molecule has 1 aromatic rings. The molecule has 2 rings (SSSR count). The lowest BCUT2D eigenvalue weighted by atomic mass is 9.89. The summed E-state index contributed by atoms with van der Waals surface area (Å²) in [5.74, 6) is 0. The van der Waals surface area contributed by atoms with E-state index in [0.29, 0.717) is 6.04 Å². The summed E-state index contributed by atoms with van der Waals surface area (Å²) >= 11 is 0. The standard InChI is InChI=1S/C10H13N/c11-10-6-5-8-3-1-2-4-9(8)7-10/h1-4,10H,5-7,11H2/p+1. The molecule has 1 nitrogen and oxygen atoms in total. The van der Waals surface area contributed by atoms with Crippen molar-refractivity contribution in [1.29, 1.82) is 0 Å². The van der Waals surface area contributed by atoms with Crippen LogP contribution in [-0.4, -0.2) is 6.04 Å². The van der Waals surface area contributed by atoms with Crippen LogP contribution in [0.1, 0.15) is 17.5 Å². The van der Waals surface area contributed by atoms with Crippen LogP contribution in [0.4, 0.5) is 0 Å². The lowest BCUT2D eigenvalue weighted by molar-refractivity contribution is -0.421. The number of quaternary nitrogens is 1. The molecule has 0 spiro atoms. The van der Waals surface area contributed by atoms with Gasteiger partial charge in [0.25, 0.3) is 0 Å². The summed E-state index contributed by atoms with van der Waals surface area (Å²) in [5, 5.41) is 0. The molecule has 0 amide bonds. The maximum Gasteiger partial charge on any atom is 0.0887 e. The lowest BCUT2D eigenvalue weighted by Gasteiger charge is -2.18. The normalized spacial score (nSPS) is 22.8. The van der Waals surface area contributed by atoms with Gasteiger partial charge in [-0.25, -0.2) is 0 Å². The van der Waals surface area contributed by atoms with Crippen LogP contribution in [0.3, 0.4) is 0 Å². The first kappa shape index (κ1) is 6.86. The van der Waals surface area contributed by atoms with Crippen molar-refractivity contribution in [2.75, 3.05) is 0 Å². The summed E-state index contributed by atoms with van der Waals surface area (Å²) in [6.07, 6.45) is 3.66. The van der Waals surface area contributed by atoms with Crippen molar-refractivity contribution in [1.82, 2.24) is 0 Å². The van der Waals surface area contributed by atoms with Gasteiger partial charge in [-0.3, -0.25) is 0 Å². The zero-order chi connectivity index (χ0) is 7.68. The van der Waals surface area contributed by atoms with E-state index >= 15 is 0 Å². The Kier molecular flexibility index (Phi) is 1.66. The first-order chi connectivity index (χ1) is 5.36. The van der Waals surface area contributed by atoms with Crippen molar-refractivity contribution in [2.24, 2.45) is 0 Å². The Hall–Kier alpha value is -0.820. The molecule has 0 bridgehead atoms. The van der Waals surface area contributed by atoms with Crippen molar-refractivity contribution in [3.8, 4) is 0 Å². The van der Waals surface area contributed by atoms with E-state index < -0.39 is 0 Å². The van der Waals surface area contributed by atoms with Gasteiger partial charge in [0.1, 0.15) is 0 Å². The quantitative estimate of drug-likeness (QED) is 0.563. The molecule has 3 N–H and O–H groups in total. The molecule has 0 radical (unpaired) electrons. The third-order valence-electron chi connectivity index (χ3n) is 2.45. The smallest absolute Gasteiger partial charge is 0.0887 e. The Labute approximate surface area is 67.2 Å². The number of hydrogen-bond donors (Lipinski definition) is 1. The fourth-order valence-electron chi connectivity index (χ4n) is 1.77. The third kappa shape index (κ3) is 1.29. The van der Waals surface area contributed by atoms with Crippen LogP contribution in [-0.2, 0) is 12.8 Å². The number of aryl methyl sites for hydroxylation is 1. The van der Waals surface area contributed by atoms with Crippen LogP contribution in [0.15, 0.2) is 24.3 Å². The largest absolute Gasteiger partial charge is 0.355 e. The molecule has 0 saturated carbocycles. The Balaban J connectivity index is 2.34. The molecule has 0 aromatic heterocycles. The summed E-state index contributed by atoms with van der Waals surface area (Å²) in [4.78, 5) is 0. The highest BCUT2D eigenvalue weighted by Gasteiger charge is 2.16. The van der Waals surface area contributed by atoms with Crippen LogP contribution in [0.5, 0.6) is 0 Å². The monoisotopic (exact) mass is 148 g/mol. The molecule has 1 heteroatoms. The highest BCUT2D eigenvalue weighted by molar-refractivity contribution is 5.29. The number of benzene rings is 1. The third-order valence-corrected chi connectivity index (χ3v) is 2.45. The Morgan fingerprint density at radius 1 is 1.18 bits per heavy atom. The van der Waals surface area contributed by atoms with Gasteiger partial charge < -0.3 is 5.73 Å². The van der Waals surface area contributed by atoms with Gasteiger partial charge in [0.05, 0.1) is 6.04 Å². The Bertz CT molecular complexity index is 255. The number of fused-ring (bicyclic) bond motifs is 1. The SMILES string of the molecule is [NH3+]C1CCc2ccccc2C1. The van der Waals surface area contributed by atoms with Gasteiger partial charge in [0.15, 0.2) is 0 Å². The molecule has 1 aliphatic rings. The molecule has 11 heavy (non-hydrogen) atoms. The first-order valence-corrected chi connectivity index (χ1v) is 4.26. The molecule has 1 unspecified atom stereocenters. The van der Waals surface area contributed by atoms with Gasteiger partial charge in [0, 0.05) is 12.8 Å². The lowest BCUT2D eigenvalue weighted by Crippen LogP contribution is -2.62. The van der Waals surface area contributed by atoms with Crippen molar-refractivity contribution >= 4 is 0 Å². The second kappa shape index (κ2) is 2.67. The molecule has 1 aromatic carbocycles. The van der Waals surface area contributed by atoms with E-state index in [9.17, 15) is 0 Å². The van der Waals surface area contributed by atoms with Crippen molar-refractivity contribution in [2.45, 2.75) is 25.3 Å². The van der Waals surface area contributed by atoms with Gasteiger partial charge in [-0.2, -0.15) is 0 Å². The summed E-state index contributed by atoms with van der Waals surface area (Å²) in [6.45, 7) is 0. The summed E-state index contributed by atoms with van der Waals surface area (Å²) in [6, 6.07) is 9.36.